The Labute approximate surface area is 260 Å². The normalized spacial score (nSPS) is 15.3. The molecular weight excluding hydrogens is 622 g/mol. The lowest BCUT2D eigenvalue weighted by molar-refractivity contribution is 0.0115. The molecule has 14 heteroatoms. The Kier molecular flexibility index (Phi) is 7.35. The van der Waals surface area contributed by atoms with E-state index < -0.39 is 27.4 Å². The first-order chi connectivity index (χ1) is 21.9. The van der Waals surface area contributed by atoms with Gasteiger partial charge in [0.05, 0.1) is 34.4 Å². The number of hydrogen-bond acceptors (Lipinski definition) is 7. The quantitative estimate of drug-likeness (QED) is 0.196. The van der Waals surface area contributed by atoms with Crippen molar-refractivity contribution in [2.45, 2.75) is 25.3 Å². The predicted octanol–water partition coefficient (Wildman–Crippen LogP) is 5.94. The van der Waals surface area contributed by atoms with Crippen LogP contribution in [0.5, 0.6) is 0 Å². The number of halogens is 4. The van der Waals surface area contributed by atoms with Crippen molar-refractivity contribution in [3.63, 3.8) is 0 Å². The van der Waals surface area contributed by atoms with E-state index in [4.69, 9.17) is 0 Å². The smallest absolute Gasteiger partial charge is 0.261 e. The summed E-state index contributed by atoms with van der Waals surface area (Å²) in [6, 6.07) is 11.0. The number of sulfone groups is 1. The van der Waals surface area contributed by atoms with E-state index in [-0.39, 0.29) is 60.7 Å². The highest BCUT2D eigenvalue weighted by molar-refractivity contribution is 7.90. The summed E-state index contributed by atoms with van der Waals surface area (Å²) < 4.78 is 81.6. The average molecular weight is 650 g/mol. The van der Waals surface area contributed by atoms with Crippen molar-refractivity contribution in [2.75, 3.05) is 25.1 Å². The molecule has 9 nitrogen and oxygen atoms in total. The van der Waals surface area contributed by atoms with E-state index in [0.29, 0.717) is 44.5 Å². The minimum absolute atomic E-state index is 0.127. The molecule has 0 bridgehead atoms. The molecule has 4 aromatic heterocycles. The van der Waals surface area contributed by atoms with Gasteiger partial charge in [0.25, 0.3) is 5.92 Å². The summed E-state index contributed by atoms with van der Waals surface area (Å²) in [5, 5.41) is 7.38. The highest BCUT2D eigenvalue weighted by Gasteiger charge is 2.38. The van der Waals surface area contributed by atoms with Gasteiger partial charge < -0.3 is 4.98 Å². The predicted molar refractivity (Wildman–Crippen MR) is 166 cm³/mol. The number of H-pyrrole nitrogens is 2. The van der Waals surface area contributed by atoms with Crippen LogP contribution in [0.1, 0.15) is 17.5 Å². The molecule has 0 saturated carbocycles. The summed E-state index contributed by atoms with van der Waals surface area (Å²) in [7, 11) is -3.25. The number of benzene rings is 2. The summed E-state index contributed by atoms with van der Waals surface area (Å²) >= 11 is 0. The van der Waals surface area contributed by atoms with Crippen LogP contribution < -0.4 is 0 Å². The first-order valence-corrected chi connectivity index (χ1v) is 16.5. The van der Waals surface area contributed by atoms with Gasteiger partial charge in [0, 0.05) is 61.0 Å². The molecule has 0 spiro atoms. The van der Waals surface area contributed by atoms with Crippen LogP contribution in [0.2, 0.25) is 0 Å². The number of rotatable bonds is 8. The Hall–Kier alpha value is -4.69. The first kappa shape index (κ1) is 30.0. The molecule has 1 aliphatic heterocycles. The van der Waals surface area contributed by atoms with Crippen LogP contribution in [0.3, 0.4) is 0 Å². The number of nitrogens with one attached hydrogen (secondary N) is 2. The van der Waals surface area contributed by atoms with Crippen LogP contribution >= 0.6 is 0 Å². The lowest BCUT2D eigenvalue weighted by Crippen LogP contribution is -2.24. The molecule has 0 aliphatic carbocycles. The molecule has 0 amide bonds. The Balaban J connectivity index is 1.25. The number of aryl methyl sites for hydroxylation is 1. The molecule has 2 N–H and O–H groups in total. The van der Waals surface area contributed by atoms with E-state index in [0.717, 1.165) is 6.26 Å². The fourth-order valence-corrected chi connectivity index (χ4v) is 6.49. The minimum atomic E-state index is -3.25. The summed E-state index contributed by atoms with van der Waals surface area (Å²) in [6.07, 6.45) is 5.72. The second-order valence-electron chi connectivity index (χ2n) is 11.7. The van der Waals surface area contributed by atoms with Crippen molar-refractivity contribution in [3.8, 4) is 33.9 Å². The number of aromatic amines is 2. The zero-order valence-electron chi connectivity index (χ0n) is 24.5. The van der Waals surface area contributed by atoms with E-state index in [9.17, 15) is 21.6 Å². The van der Waals surface area contributed by atoms with Gasteiger partial charge in [0.2, 0.25) is 0 Å². The number of nitrogens with zero attached hydrogens (tertiary/aromatic N) is 5. The second kappa shape index (κ2) is 11.3. The Morgan fingerprint density at radius 3 is 2.59 bits per heavy atom. The van der Waals surface area contributed by atoms with Crippen LogP contribution in [0.25, 0.3) is 55.8 Å². The Morgan fingerprint density at radius 2 is 1.80 bits per heavy atom. The summed E-state index contributed by atoms with van der Waals surface area (Å²) in [4.78, 5) is 18.2. The Morgan fingerprint density at radius 1 is 0.978 bits per heavy atom. The lowest BCUT2D eigenvalue weighted by atomic mass is 10.0. The maximum absolute atomic E-state index is 16.3. The fraction of sp³-hybridized carbons (Fsp3) is 0.250. The molecule has 46 heavy (non-hydrogen) atoms. The summed E-state index contributed by atoms with van der Waals surface area (Å²) in [5.74, 6) is -3.69. The largest absolute Gasteiger partial charge is 0.336 e. The van der Waals surface area contributed by atoms with Crippen molar-refractivity contribution < 1.29 is 26.0 Å². The van der Waals surface area contributed by atoms with Gasteiger partial charge in [-0.15, -0.1) is 0 Å². The molecule has 0 unspecified atom stereocenters. The van der Waals surface area contributed by atoms with E-state index in [1.807, 2.05) is 0 Å². The molecule has 1 aliphatic rings. The van der Waals surface area contributed by atoms with Crippen molar-refractivity contribution >= 4 is 31.8 Å². The molecule has 0 radical (unpaired) electrons. The van der Waals surface area contributed by atoms with Crippen molar-refractivity contribution in [1.29, 1.82) is 0 Å². The highest BCUT2D eigenvalue weighted by atomic mass is 32.2. The van der Waals surface area contributed by atoms with Crippen LogP contribution in [-0.2, 0) is 22.8 Å². The SMILES string of the molecule is CS(=O)(=O)CCc1cc(F)cc(-c2nccc3[nH]c(-c4n[nH]c5ccc(-c6cncc(CN7CCC(F)(F)C7)c6)c(F)c45)nc23)c1. The molecule has 6 aromatic rings. The first-order valence-electron chi connectivity index (χ1n) is 14.5. The van der Waals surface area contributed by atoms with Crippen molar-refractivity contribution in [3.05, 3.63) is 83.8 Å². The summed E-state index contributed by atoms with van der Waals surface area (Å²) in [6.45, 7) is 0.222. The van der Waals surface area contributed by atoms with Crippen LogP contribution in [0, 0.1) is 11.6 Å². The lowest BCUT2D eigenvalue weighted by Gasteiger charge is -2.16. The highest BCUT2D eigenvalue weighted by Crippen LogP contribution is 2.36. The van der Waals surface area contributed by atoms with Gasteiger partial charge in [-0.3, -0.25) is 20.0 Å². The number of pyridine rings is 2. The third kappa shape index (κ3) is 5.97. The van der Waals surface area contributed by atoms with Crippen molar-refractivity contribution in [2.24, 2.45) is 0 Å². The van der Waals surface area contributed by atoms with Gasteiger partial charge in [0.1, 0.15) is 32.7 Å². The number of hydrogen-bond donors (Lipinski definition) is 2. The van der Waals surface area contributed by atoms with Gasteiger partial charge in [0.15, 0.2) is 5.82 Å². The number of alkyl halides is 2. The van der Waals surface area contributed by atoms with E-state index in [1.165, 1.54) is 24.5 Å². The van der Waals surface area contributed by atoms with Gasteiger partial charge in [-0.05, 0) is 60.0 Å². The van der Waals surface area contributed by atoms with Crippen LogP contribution in [0.15, 0.2) is 61.1 Å². The number of imidazole rings is 1. The number of aromatic nitrogens is 6. The number of likely N-dealkylation sites (tertiary alicyclic amines) is 1. The van der Waals surface area contributed by atoms with Gasteiger partial charge in [-0.2, -0.15) is 5.10 Å². The molecule has 236 valence electrons. The summed E-state index contributed by atoms with van der Waals surface area (Å²) in [5.41, 5.74) is 4.31. The zero-order chi connectivity index (χ0) is 32.2. The molecule has 2 aromatic carbocycles. The zero-order valence-corrected chi connectivity index (χ0v) is 25.3. The van der Waals surface area contributed by atoms with Crippen LogP contribution in [0.4, 0.5) is 17.6 Å². The maximum Gasteiger partial charge on any atom is 0.261 e. The second-order valence-corrected chi connectivity index (χ2v) is 13.9. The van der Waals surface area contributed by atoms with Gasteiger partial charge in [-0.25, -0.2) is 31.0 Å². The average Bonchev–Trinajstić information content (AvgIpc) is 3.72. The Bertz CT molecular complexity index is 2230. The maximum atomic E-state index is 16.3. The van der Waals surface area contributed by atoms with E-state index in [2.05, 4.69) is 30.1 Å². The molecule has 1 fully saturated rings. The van der Waals surface area contributed by atoms with Crippen LogP contribution in [-0.4, -0.2) is 74.5 Å². The molecule has 0 atom stereocenters. The fourth-order valence-electron chi connectivity index (χ4n) is 5.88. The third-order valence-electron chi connectivity index (χ3n) is 8.05. The van der Waals surface area contributed by atoms with E-state index >= 15 is 4.39 Å². The molecule has 1 saturated heterocycles. The molecular formula is C32H27F4N7O2S. The van der Waals surface area contributed by atoms with Crippen molar-refractivity contribution in [1.82, 2.24) is 35.0 Å². The topological polar surface area (TPSA) is 121 Å². The van der Waals surface area contributed by atoms with Gasteiger partial charge >= 0.3 is 0 Å². The molecule has 7 rings (SSSR count). The minimum Gasteiger partial charge on any atom is -0.336 e. The number of fused-ring (bicyclic) bond motifs is 2. The standard InChI is InChI=1S/C32H27F4N7O2S/c1-46(44,45)9-5-18-10-20(13-22(33)12-18)28-29-25(4-7-38-28)39-31(40-29)30-26-24(41-42-30)3-2-23(27(26)34)21-11-19(14-37-15-21)16-43-8-6-32(35,36)17-43/h2-4,7,10-15H,5-6,8-9,16-17H2,1H3,(H,39,40)(H,41,42). The molecule has 5 heterocycles. The monoisotopic (exact) mass is 649 g/mol. The van der Waals surface area contributed by atoms with E-state index in [1.54, 1.807) is 41.4 Å². The third-order valence-corrected chi connectivity index (χ3v) is 8.99. The van der Waals surface area contributed by atoms with Gasteiger partial charge in [-0.1, -0.05) is 0 Å².